The van der Waals surface area contributed by atoms with Gasteiger partial charge < -0.3 is 9.84 Å². The normalized spacial score (nSPS) is 11.3. The van der Waals surface area contributed by atoms with E-state index in [4.69, 9.17) is 4.52 Å². The molecule has 0 bridgehead atoms. The van der Waals surface area contributed by atoms with E-state index >= 15 is 0 Å². The third-order valence-electron chi connectivity index (χ3n) is 3.05. The molecule has 0 atom stereocenters. The first-order chi connectivity index (χ1) is 11.7. The molecule has 0 aliphatic carbocycles. The first-order valence-electron chi connectivity index (χ1n) is 7.73. The van der Waals surface area contributed by atoms with Crippen LogP contribution in [0, 0.1) is 5.92 Å². The molecule has 0 unspecified atom stereocenters. The minimum atomic E-state index is 0.511. The smallest absolute Gasteiger partial charge is 0.226 e. The summed E-state index contributed by atoms with van der Waals surface area (Å²) < 4.78 is 6.15. The molecule has 0 aliphatic rings. The molecule has 0 saturated heterocycles. The predicted octanol–water partition coefficient (Wildman–Crippen LogP) is 4.13. The van der Waals surface area contributed by atoms with E-state index in [1.54, 1.807) is 34.4 Å². The monoisotopic (exact) mass is 381 g/mol. The lowest BCUT2D eigenvalue weighted by Gasteiger charge is -1.98. The third kappa shape index (κ3) is 5.29. The van der Waals surface area contributed by atoms with Gasteiger partial charge in [0.25, 0.3) is 0 Å². The molecule has 0 spiro atoms. The van der Waals surface area contributed by atoms with Crippen molar-refractivity contribution in [1.82, 2.24) is 20.3 Å². The molecule has 3 rings (SSSR count). The molecule has 0 amide bonds. The summed E-state index contributed by atoms with van der Waals surface area (Å²) in [4.78, 5) is 5.76. The van der Waals surface area contributed by atoms with Gasteiger partial charge in [-0.3, -0.25) is 0 Å². The van der Waals surface area contributed by atoms with Gasteiger partial charge in [-0.1, -0.05) is 48.2 Å². The average Bonchev–Trinajstić information content (AvgIpc) is 3.27. The molecule has 1 N–H and O–H groups in total. The molecule has 3 heterocycles. The standard InChI is InChI=1S/C15H19N5OS3/c1-10(2)8-13-17-12(20-21-13)9-23-15-19-18-14(24-15)16-6-5-11-4-3-7-22-11/h3-4,7,10H,5-6,8-9H2,1-2H3,(H,16,18). The molecular formula is C15H19N5OS3. The Morgan fingerprint density at radius 1 is 1.33 bits per heavy atom. The van der Waals surface area contributed by atoms with E-state index in [9.17, 15) is 0 Å². The number of anilines is 1. The van der Waals surface area contributed by atoms with Gasteiger partial charge in [0, 0.05) is 17.8 Å². The second-order valence-corrected chi connectivity index (χ2v) is 8.85. The number of aromatic nitrogens is 4. The van der Waals surface area contributed by atoms with Crippen LogP contribution in [0.5, 0.6) is 0 Å². The van der Waals surface area contributed by atoms with E-state index in [-0.39, 0.29) is 0 Å². The lowest BCUT2D eigenvalue weighted by atomic mass is 10.1. The zero-order valence-electron chi connectivity index (χ0n) is 13.6. The third-order valence-corrected chi connectivity index (χ3v) is 6.00. The van der Waals surface area contributed by atoms with Gasteiger partial charge in [-0.05, 0) is 23.8 Å². The van der Waals surface area contributed by atoms with Gasteiger partial charge in [0.2, 0.25) is 11.0 Å². The fourth-order valence-corrected chi connectivity index (χ4v) is 4.32. The van der Waals surface area contributed by atoms with E-state index in [1.165, 1.54) is 4.88 Å². The van der Waals surface area contributed by atoms with Crippen molar-refractivity contribution >= 4 is 39.6 Å². The summed E-state index contributed by atoms with van der Waals surface area (Å²) in [6.07, 6.45) is 1.82. The Balaban J connectivity index is 1.43. The molecule has 0 saturated carbocycles. The Bertz CT molecular complexity index is 738. The summed E-state index contributed by atoms with van der Waals surface area (Å²) in [5.41, 5.74) is 0. The van der Waals surface area contributed by atoms with Crippen LogP contribution in [0.3, 0.4) is 0 Å². The fraction of sp³-hybridized carbons (Fsp3) is 0.467. The number of hydrogen-bond acceptors (Lipinski definition) is 9. The van der Waals surface area contributed by atoms with E-state index in [0.717, 1.165) is 28.9 Å². The Morgan fingerprint density at radius 3 is 3.04 bits per heavy atom. The molecule has 9 heteroatoms. The first-order valence-corrected chi connectivity index (χ1v) is 10.4. The largest absolute Gasteiger partial charge is 0.360 e. The fourth-order valence-electron chi connectivity index (χ4n) is 1.99. The van der Waals surface area contributed by atoms with E-state index < -0.39 is 0 Å². The summed E-state index contributed by atoms with van der Waals surface area (Å²) in [6, 6.07) is 4.22. The Labute approximate surface area is 153 Å². The lowest BCUT2D eigenvalue weighted by Crippen LogP contribution is -2.03. The van der Waals surface area contributed by atoms with Crippen molar-refractivity contribution in [1.29, 1.82) is 0 Å². The highest BCUT2D eigenvalue weighted by atomic mass is 32.2. The van der Waals surface area contributed by atoms with Crippen molar-refractivity contribution in [2.75, 3.05) is 11.9 Å². The summed E-state index contributed by atoms with van der Waals surface area (Å²) in [5.74, 6) is 2.56. The van der Waals surface area contributed by atoms with Crippen LogP contribution in [0.2, 0.25) is 0 Å². The van der Waals surface area contributed by atoms with Crippen molar-refractivity contribution in [3.8, 4) is 0 Å². The van der Waals surface area contributed by atoms with Gasteiger partial charge >= 0.3 is 0 Å². The van der Waals surface area contributed by atoms with Gasteiger partial charge in [-0.25, -0.2) is 0 Å². The highest BCUT2D eigenvalue weighted by molar-refractivity contribution is 8.00. The van der Waals surface area contributed by atoms with Gasteiger partial charge in [-0.15, -0.1) is 21.5 Å². The van der Waals surface area contributed by atoms with Gasteiger partial charge in [0.1, 0.15) is 0 Å². The molecule has 0 aliphatic heterocycles. The molecule has 24 heavy (non-hydrogen) atoms. The molecule has 0 fully saturated rings. The topological polar surface area (TPSA) is 76.7 Å². The van der Waals surface area contributed by atoms with Crippen molar-refractivity contribution in [2.45, 2.75) is 36.8 Å². The van der Waals surface area contributed by atoms with Crippen LogP contribution in [-0.4, -0.2) is 26.9 Å². The van der Waals surface area contributed by atoms with Crippen LogP contribution in [0.4, 0.5) is 5.13 Å². The molecule has 128 valence electrons. The molecule has 0 aromatic carbocycles. The van der Waals surface area contributed by atoms with Crippen molar-refractivity contribution < 1.29 is 4.52 Å². The number of hydrogen-bond donors (Lipinski definition) is 1. The maximum Gasteiger partial charge on any atom is 0.226 e. The molecule has 0 radical (unpaired) electrons. The second kappa shape index (κ2) is 8.59. The number of nitrogens with one attached hydrogen (secondary N) is 1. The Kier molecular flexibility index (Phi) is 6.22. The summed E-state index contributed by atoms with van der Waals surface area (Å²) in [6.45, 7) is 5.13. The van der Waals surface area contributed by atoms with Crippen LogP contribution in [0.25, 0.3) is 0 Å². The molecule has 3 aromatic rings. The highest BCUT2D eigenvalue weighted by Gasteiger charge is 2.10. The summed E-state index contributed by atoms with van der Waals surface area (Å²) in [7, 11) is 0. The van der Waals surface area contributed by atoms with Crippen LogP contribution in [0.1, 0.15) is 30.4 Å². The minimum absolute atomic E-state index is 0.511. The maximum atomic E-state index is 5.24. The maximum absolute atomic E-state index is 5.24. The van der Waals surface area contributed by atoms with Crippen LogP contribution in [0.15, 0.2) is 26.4 Å². The number of thioether (sulfide) groups is 1. The SMILES string of the molecule is CC(C)Cc1nc(CSc2nnc(NCCc3cccs3)s2)no1. The zero-order valence-corrected chi connectivity index (χ0v) is 16.0. The summed E-state index contributed by atoms with van der Waals surface area (Å²) in [5, 5.41) is 18.6. The van der Waals surface area contributed by atoms with Crippen LogP contribution < -0.4 is 5.32 Å². The predicted molar refractivity (Wildman–Crippen MR) is 98.8 cm³/mol. The van der Waals surface area contributed by atoms with E-state index in [0.29, 0.717) is 23.4 Å². The highest BCUT2D eigenvalue weighted by Crippen LogP contribution is 2.27. The summed E-state index contributed by atoms with van der Waals surface area (Å²) >= 11 is 4.91. The van der Waals surface area contributed by atoms with Gasteiger partial charge in [0.15, 0.2) is 10.2 Å². The van der Waals surface area contributed by atoms with Crippen LogP contribution >= 0.6 is 34.4 Å². The lowest BCUT2D eigenvalue weighted by molar-refractivity contribution is 0.360. The minimum Gasteiger partial charge on any atom is -0.360 e. The average molecular weight is 382 g/mol. The quantitative estimate of drug-likeness (QED) is 0.558. The van der Waals surface area contributed by atoms with Gasteiger partial charge in [-0.2, -0.15) is 4.98 Å². The van der Waals surface area contributed by atoms with Crippen LogP contribution in [-0.2, 0) is 18.6 Å². The number of rotatable bonds is 9. The van der Waals surface area contributed by atoms with E-state index in [2.05, 4.69) is 57.0 Å². The van der Waals surface area contributed by atoms with Crippen molar-refractivity contribution in [3.63, 3.8) is 0 Å². The molecular weight excluding hydrogens is 362 g/mol. The zero-order chi connectivity index (χ0) is 16.8. The Morgan fingerprint density at radius 2 is 2.25 bits per heavy atom. The van der Waals surface area contributed by atoms with E-state index in [1.807, 2.05) is 0 Å². The molecule has 6 nitrogen and oxygen atoms in total. The number of thiophene rings is 1. The van der Waals surface area contributed by atoms with Crippen molar-refractivity contribution in [3.05, 3.63) is 34.1 Å². The molecule has 3 aromatic heterocycles. The van der Waals surface area contributed by atoms with Crippen molar-refractivity contribution in [2.24, 2.45) is 5.92 Å². The second-order valence-electron chi connectivity index (χ2n) is 5.62. The van der Waals surface area contributed by atoms with Gasteiger partial charge in [0.05, 0.1) is 5.75 Å². The first kappa shape index (κ1) is 17.4. The number of nitrogens with zero attached hydrogens (tertiary/aromatic N) is 4. The Hall–Kier alpha value is -1.45.